The monoisotopic (exact) mass is 323 g/mol. The van der Waals surface area contributed by atoms with Crippen molar-refractivity contribution in [3.63, 3.8) is 0 Å². The molecule has 0 saturated carbocycles. The molecule has 1 aliphatic rings. The fraction of sp³-hybridized carbons (Fsp3) is 0.529. The molecule has 0 aliphatic carbocycles. The number of carbonyl (C=O) groups is 2. The lowest BCUT2D eigenvalue weighted by atomic mass is 9.94. The molecular formula is C17H25NO5. The zero-order chi connectivity index (χ0) is 17.5. The van der Waals surface area contributed by atoms with Gasteiger partial charge in [-0.1, -0.05) is 26.0 Å². The van der Waals surface area contributed by atoms with Gasteiger partial charge in [-0.2, -0.15) is 0 Å². The lowest BCUT2D eigenvalue weighted by Gasteiger charge is -2.23. The fourth-order valence-electron chi connectivity index (χ4n) is 2.58. The van der Waals surface area contributed by atoms with Gasteiger partial charge in [-0.25, -0.2) is 9.59 Å². The maximum atomic E-state index is 11.3. The zero-order valence-electron chi connectivity index (χ0n) is 13.9. The molecule has 128 valence electrons. The Bertz CT molecular complexity index is 506. The van der Waals surface area contributed by atoms with Gasteiger partial charge in [0.05, 0.1) is 0 Å². The van der Waals surface area contributed by atoms with Crippen LogP contribution in [0.15, 0.2) is 24.3 Å². The van der Waals surface area contributed by atoms with Crippen molar-refractivity contribution in [3.05, 3.63) is 29.8 Å². The molecule has 23 heavy (non-hydrogen) atoms. The highest BCUT2D eigenvalue weighted by atomic mass is 16.5. The SMILES string of the molecule is CC.COC(Cc1ccc(N2CCCC2)cc1)(C(=O)O)C(=O)O. The van der Waals surface area contributed by atoms with Crippen molar-refractivity contribution in [1.82, 2.24) is 0 Å². The molecule has 0 aromatic heterocycles. The second-order valence-electron chi connectivity index (χ2n) is 5.18. The number of rotatable bonds is 6. The molecule has 0 amide bonds. The second-order valence-corrected chi connectivity index (χ2v) is 5.18. The topological polar surface area (TPSA) is 87.1 Å². The zero-order valence-corrected chi connectivity index (χ0v) is 13.9. The largest absolute Gasteiger partial charge is 0.479 e. The average Bonchev–Trinajstić information content (AvgIpc) is 3.09. The Morgan fingerprint density at radius 1 is 1.09 bits per heavy atom. The van der Waals surface area contributed by atoms with Crippen LogP contribution in [0.25, 0.3) is 0 Å². The van der Waals surface area contributed by atoms with Gasteiger partial charge in [0.1, 0.15) is 0 Å². The number of aliphatic carboxylic acids is 2. The average molecular weight is 323 g/mol. The van der Waals surface area contributed by atoms with E-state index in [4.69, 9.17) is 14.9 Å². The summed E-state index contributed by atoms with van der Waals surface area (Å²) in [5, 5.41) is 18.3. The van der Waals surface area contributed by atoms with Gasteiger partial charge in [0.15, 0.2) is 0 Å². The second kappa shape index (κ2) is 8.53. The van der Waals surface area contributed by atoms with E-state index in [9.17, 15) is 9.59 Å². The molecule has 1 aromatic carbocycles. The van der Waals surface area contributed by atoms with Crippen molar-refractivity contribution in [2.24, 2.45) is 0 Å². The highest BCUT2D eigenvalue weighted by Crippen LogP contribution is 2.23. The van der Waals surface area contributed by atoms with Gasteiger partial charge >= 0.3 is 11.9 Å². The summed E-state index contributed by atoms with van der Waals surface area (Å²) in [6, 6.07) is 7.30. The molecule has 1 fully saturated rings. The van der Waals surface area contributed by atoms with Crippen molar-refractivity contribution < 1.29 is 24.5 Å². The van der Waals surface area contributed by atoms with Crippen molar-refractivity contribution in [1.29, 1.82) is 0 Å². The Labute approximate surface area is 136 Å². The molecule has 1 heterocycles. The van der Waals surface area contributed by atoms with Gasteiger partial charge in [-0.05, 0) is 30.5 Å². The van der Waals surface area contributed by atoms with Crippen LogP contribution < -0.4 is 4.90 Å². The molecule has 1 saturated heterocycles. The smallest absolute Gasteiger partial charge is 0.348 e. The number of hydrogen-bond donors (Lipinski definition) is 2. The van der Waals surface area contributed by atoms with E-state index in [2.05, 4.69) is 4.90 Å². The summed E-state index contributed by atoms with van der Waals surface area (Å²) in [6.45, 7) is 6.04. The van der Waals surface area contributed by atoms with E-state index in [1.54, 1.807) is 12.1 Å². The van der Waals surface area contributed by atoms with E-state index in [0.29, 0.717) is 5.56 Å². The summed E-state index contributed by atoms with van der Waals surface area (Å²) < 4.78 is 4.79. The van der Waals surface area contributed by atoms with Crippen LogP contribution in [0.2, 0.25) is 0 Å². The minimum Gasteiger partial charge on any atom is -0.479 e. The number of hydrogen-bond acceptors (Lipinski definition) is 4. The van der Waals surface area contributed by atoms with Gasteiger partial charge in [0, 0.05) is 32.3 Å². The van der Waals surface area contributed by atoms with Crippen LogP contribution in [0, 0.1) is 0 Å². The first kappa shape index (κ1) is 19.0. The number of methoxy groups -OCH3 is 1. The molecule has 0 atom stereocenters. The number of ether oxygens (including phenoxy) is 1. The molecule has 1 aromatic rings. The Morgan fingerprint density at radius 3 is 1.96 bits per heavy atom. The van der Waals surface area contributed by atoms with Crippen LogP contribution >= 0.6 is 0 Å². The third-order valence-corrected chi connectivity index (χ3v) is 3.90. The molecule has 2 N–H and O–H groups in total. The van der Waals surface area contributed by atoms with Gasteiger partial charge in [-0.3, -0.25) is 0 Å². The Morgan fingerprint density at radius 2 is 1.57 bits per heavy atom. The lowest BCUT2D eigenvalue weighted by Crippen LogP contribution is -2.50. The predicted octanol–water partition coefficient (Wildman–Crippen LogP) is 2.41. The van der Waals surface area contributed by atoms with Crippen LogP contribution in [0.4, 0.5) is 5.69 Å². The van der Waals surface area contributed by atoms with E-state index in [-0.39, 0.29) is 6.42 Å². The number of nitrogens with zero attached hydrogens (tertiary/aromatic N) is 1. The third kappa shape index (κ3) is 4.22. The highest BCUT2D eigenvalue weighted by molar-refractivity contribution is 6.02. The van der Waals surface area contributed by atoms with E-state index in [1.165, 1.54) is 12.8 Å². The summed E-state index contributed by atoms with van der Waals surface area (Å²) in [4.78, 5) is 24.8. The Balaban J connectivity index is 0.00000127. The van der Waals surface area contributed by atoms with Crippen LogP contribution in [0.5, 0.6) is 0 Å². The van der Waals surface area contributed by atoms with Crippen LogP contribution in [0.3, 0.4) is 0 Å². The predicted molar refractivity (Wildman–Crippen MR) is 88.0 cm³/mol. The maximum Gasteiger partial charge on any atom is 0.348 e. The molecule has 0 radical (unpaired) electrons. The number of carboxylic acids is 2. The number of carboxylic acid groups (broad SMARTS) is 2. The van der Waals surface area contributed by atoms with Crippen molar-refractivity contribution in [3.8, 4) is 0 Å². The summed E-state index contributed by atoms with van der Waals surface area (Å²) in [5.74, 6) is -3.00. The minimum atomic E-state index is -2.24. The van der Waals surface area contributed by atoms with Crippen LogP contribution in [0.1, 0.15) is 32.3 Å². The molecule has 0 spiro atoms. The summed E-state index contributed by atoms with van der Waals surface area (Å²) >= 11 is 0. The molecule has 1 aliphatic heterocycles. The third-order valence-electron chi connectivity index (χ3n) is 3.90. The Kier molecular flexibility index (Phi) is 7.03. The number of anilines is 1. The highest BCUT2D eigenvalue weighted by Gasteiger charge is 2.47. The van der Waals surface area contributed by atoms with Crippen molar-refractivity contribution in [2.45, 2.75) is 38.7 Å². The van der Waals surface area contributed by atoms with Crippen LogP contribution in [-0.2, 0) is 20.7 Å². The lowest BCUT2D eigenvalue weighted by molar-refractivity contribution is -0.179. The molecule has 6 nitrogen and oxygen atoms in total. The molecule has 2 rings (SSSR count). The van der Waals surface area contributed by atoms with Gasteiger partial charge < -0.3 is 19.8 Å². The summed E-state index contributed by atoms with van der Waals surface area (Å²) in [5.41, 5.74) is -0.552. The quantitative estimate of drug-likeness (QED) is 0.782. The normalized spacial score (nSPS) is 14.1. The molecular weight excluding hydrogens is 298 g/mol. The van der Waals surface area contributed by atoms with E-state index >= 15 is 0 Å². The van der Waals surface area contributed by atoms with Crippen LogP contribution in [-0.4, -0.2) is 48.0 Å². The Hall–Kier alpha value is -2.08. The van der Waals surface area contributed by atoms with Crippen molar-refractivity contribution in [2.75, 3.05) is 25.1 Å². The van der Waals surface area contributed by atoms with E-state index < -0.39 is 17.5 Å². The first-order valence-corrected chi connectivity index (χ1v) is 7.85. The van der Waals surface area contributed by atoms with Gasteiger partial charge in [0.2, 0.25) is 0 Å². The summed E-state index contributed by atoms with van der Waals surface area (Å²) in [6.07, 6.45) is 2.13. The first-order chi connectivity index (χ1) is 11.0. The van der Waals surface area contributed by atoms with E-state index in [1.807, 2.05) is 26.0 Å². The summed E-state index contributed by atoms with van der Waals surface area (Å²) in [7, 11) is 1.10. The molecule has 0 bridgehead atoms. The van der Waals surface area contributed by atoms with Crippen molar-refractivity contribution >= 4 is 17.6 Å². The number of benzene rings is 1. The first-order valence-electron chi connectivity index (χ1n) is 7.85. The fourth-order valence-corrected chi connectivity index (χ4v) is 2.58. The maximum absolute atomic E-state index is 11.3. The molecule has 0 unspecified atom stereocenters. The van der Waals surface area contributed by atoms with E-state index in [0.717, 1.165) is 25.9 Å². The minimum absolute atomic E-state index is 0.214. The molecule has 6 heteroatoms. The standard InChI is InChI=1S/C15H19NO5.C2H6/c1-21-15(13(17)18,14(19)20)10-11-4-6-12(7-5-11)16-8-2-3-9-16;1-2/h4-7H,2-3,8-10H2,1H3,(H,17,18)(H,19,20);1-2H3. The van der Waals surface area contributed by atoms with Gasteiger partial charge in [0.25, 0.3) is 5.60 Å². The van der Waals surface area contributed by atoms with Gasteiger partial charge in [-0.15, -0.1) is 0 Å².